The van der Waals surface area contributed by atoms with Gasteiger partial charge in [-0.05, 0) is 12.2 Å². The van der Waals surface area contributed by atoms with Crippen molar-refractivity contribution in [1.29, 1.82) is 0 Å². The summed E-state index contributed by atoms with van der Waals surface area (Å²) in [5.41, 5.74) is -0.538. The number of aromatic amines is 2. The molecule has 0 unspecified atom stereocenters. The second-order valence-corrected chi connectivity index (χ2v) is 3.31. The normalized spacial score (nSPS) is 15.1. The Labute approximate surface area is 123 Å². The summed E-state index contributed by atoms with van der Waals surface area (Å²) in [6.45, 7) is 0. The maximum atomic E-state index is 11.4. The summed E-state index contributed by atoms with van der Waals surface area (Å²) >= 11 is 1.61. The summed E-state index contributed by atoms with van der Waals surface area (Å²) in [4.78, 5) is 37.8. The molecule has 0 radical (unpaired) electrons. The molecule has 1 aromatic heterocycles. The molecule has 0 aliphatic heterocycles. The van der Waals surface area contributed by atoms with Crippen LogP contribution in [0.25, 0.3) is 0 Å². The van der Waals surface area contributed by atoms with Crippen molar-refractivity contribution in [2.45, 2.75) is 0 Å². The Morgan fingerprint density at radius 2 is 1.84 bits per heavy atom. The van der Waals surface area contributed by atoms with E-state index in [2.05, 4.69) is 24.7 Å². The van der Waals surface area contributed by atoms with Gasteiger partial charge >= 0.3 is 33.9 Å². The zero-order valence-corrected chi connectivity index (χ0v) is 12.4. The van der Waals surface area contributed by atoms with E-state index in [9.17, 15) is 14.4 Å². The fourth-order valence-corrected chi connectivity index (χ4v) is 1.27. The molecule has 0 atom stereocenters. The number of aromatic nitrogens is 2. The second-order valence-electron chi connectivity index (χ2n) is 3.31. The molecule has 1 aromatic rings. The standard InChI is InChI=1S/C11H9N3O3.ClH.Pt/c15-9-4-2-1-3-7(9)5-12-8-6-13-11(17)14-10(8)16;;/h1-6,12H,(H2,13,14,16,17);1H;/q;;+1/p-1/b7-5-;;. The van der Waals surface area contributed by atoms with E-state index in [1.807, 2.05) is 0 Å². The molecule has 0 amide bonds. The van der Waals surface area contributed by atoms with Crippen LogP contribution in [0.3, 0.4) is 0 Å². The molecular formula is C11H9ClN3O3Pt. The van der Waals surface area contributed by atoms with Crippen molar-refractivity contribution < 1.29 is 23.6 Å². The van der Waals surface area contributed by atoms with E-state index in [0.29, 0.717) is 5.57 Å². The third-order valence-electron chi connectivity index (χ3n) is 2.12. The van der Waals surface area contributed by atoms with Crippen molar-refractivity contribution >= 4 is 20.9 Å². The van der Waals surface area contributed by atoms with Gasteiger partial charge in [0.15, 0.2) is 5.78 Å². The Balaban J connectivity index is 0.000000861. The van der Waals surface area contributed by atoms with Gasteiger partial charge in [-0.2, -0.15) is 0 Å². The summed E-state index contributed by atoms with van der Waals surface area (Å²) in [5.74, 6) is -0.152. The number of carbonyl (C=O) groups is 1. The van der Waals surface area contributed by atoms with Crippen molar-refractivity contribution in [3.8, 4) is 0 Å². The first-order valence-corrected chi connectivity index (χ1v) is 7.78. The van der Waals surface area contributed by atoms with Crippen LogP contribution in [0.15, 0.2) is 51.9 Å². The van der Waals surface area contributed by atoms with E-state index in [1.54, 1.807) is 37.0 Å². The van der Waals surface area contributed by atoms with Crippen molar-refractivity contribution in [2.24, 2.45) is 0 Å². The van der Waals surface area contributed by atoms with Crippen LogP contribution >= 0.6 is 9.42 Å². The first-order chi connectivity index (χ1) is 9.16. The molecule has 6 nitrogen and oxygen atoms in total. The van der Waals surface area contributed by atoms with Crippen molar-refractivity contribution in [1.82, 2.24) is 9.97 Å². The van der Waals surface area contributed by atoms with Gasteiger partial charge < -0.3 is 10.3 Å². The van der Waals surface area contributed by atoms with E-state index in [0.717, 1.165) is 0 Å². The second kappa shape index (κ2) is 7.71. The minimum absolute atomic E-state index is 0.152. The molecular weight excluding hydrogens is 453 g/mol. The van der Waals surface area contributed by atoms with Crippen LogP contribution in [0.5, 0.6) is 0 Å². The number of hydrogen-bond acceptors (Lipinski definition) is 4. The zero-order valence-electron chi connectivity index (χ0n) is 9.38. The number of allylic oxidation sites excluding steroid dienone is 5. The maximum absolute atomic E-state index is 11.4. The molecule has 0 fully saturated rings. The van der Waals surface area contributed by atoms with Crippen LogP contribution in [-0.4, -0.2) is 15.8 Å². The summed E-state index contributed by atoms with van der Waals surface area (Å²) < 4.78 is 0. The van der Waals surface area contributed by atoms with Gasteiger partial charge in [-0.25, -0.2) is 4.79 Å². The summed E-state index contributed by atoms with van der Waals surface area (Å²) in [6.07, 6.45) is 9.04. The number of H-pyrrole nitrogens is 2. The average Bonchev–Trinajstić information content (AvgIpc) is 2.42. The molecule has 0 saturated carbocycles. The summed E-state index contributed by atoms with van der Waals surface area (Å²) in [5, 5.41) is 2.66. The quantitative estimate of drug-likeness (QED) is 0.566. The van der Waals surface area contributed by atoms with Gasteiger partial charge in [0.05, 0.1) is 0 Å². The fraction of sp³-hybridized carbons (Fsp3) is 0. The predicted molar refractivity (Wildman–Crippen MR) is 68.5 cm³/mol. The Morgan fingerprint density at radius 1 is 1.16 bits per heavy atom. The number of anilines is 1. The van der Waals surface area contributed by atoms with Gasteiger partial charge in [0, 0.05) is 18.0 Å². The topological polar surface area (TPSA) is 94.8 Å². The Kier molecular flexibility index (Phi) is 6.25. The van der Waals surface area contributed by atoms with Crippen LogP contribution in [0.2, 0.25) is 0 Å². The number of hydrogen-bond donors (Lipinski definition) is 3. The van der Waals surface area contributed by atoms with Crippen molar-refractivity contribution in [2.75, 3.05) is 5.32 Å². The third kappa shape index (κ3) is 4.50. The van der Waals surface area contributed by atoms with Crippen LogP contribution < -0.4 is 16.6 Å². The van der Waals surface area contributed by atoms with Crippen LogP contribution in [-0.2, 0) is 23.6 Å². The summed E-state index contributed by atoms with van der Waals surface area (Å²) in [7, 11) is 4.61. The van der Waals surface area contributed by atoms with Crippen LogP contribution in [0, 0.1) is 0 Å². The first kappa shape index (κ1) is 15.4. The number of halogens is 1. The van der Waals surface area contributed by atoms with E-state index in [4.69, 9.17) is 0 Å². The first-order valence-electron chi connectivity index (χ1n) is 4.96. The predicted octanol–water partition coefficient (Wildman–Crippen LogP) is 0.741. The zero-order chi connectivity index (χ0) is 14.3. The summed E-state index contributed by atoms with van der Waals surface area (Å²) in [6, 6.07) is 0. The minimum atomic E-state index is -0.579. The molecule has 1 aliphatic rings. The molecule has 8 heteroatoms. The van der Waals surface area contributed by atoms with Crippen molar-refractivity contribution in [3.63, 3.8) is 0 Å². The van der Waals surface area contributed by atoms with E-state index < -0.39 is 11.2 Å². The number of ketones is 1. The van der Waals surface area contributed by atoms with E-state index >= 15 is 0 Å². The molecule has 1 heterocycles. The third-order valence-corrected chi connectivity index (χ3v) is 2.12. The molecule has 0 spiro atoms. The Morgan fingerprint density at radius 3 is 2.47 bits per heavy atom. The molecule has 103 valence electrons. The molecule has 2 rings (SSSR count). The van der Waals surface area contributed by atoms with E-state index in [-0.39, 0.29) is 11.5 Å². The van der Waals surface area contributed by atoms with Crippen molar-refractivity contribution in [3.05, 3.63) is 63.1 Å². The van der Waals surface area contributed by atoms with E-state index in [1.165, 1.54) is 18.5 Å². The number of nitrogens with one attached hydrogen (secondary N) is 3. The molecule has 0 saturated heterocycles. The number of carbonyl (C=O) groups excluding carboxylic acids is 1. The van der Waals surface area contributed by atoms with Gasteiger partial charge in [-0.15, -0.1) is 0 Å². The van der Waals surface area contributed by atoms with Gasteiger partial charge in [0.1, 0.15) is 5.69 Å². The van der Waals surface area contributed by atoms with Crippen LogP contribution in [0.1, 0.15) is 0 Å². The molecule has 0 bridgehead atoms. The number of rotatable bonds is 2. The van der Waals surface area contributed by atoms with Gasteiger partial charge in [0.2, 0.25) is 0 Å². The van der Waals surface area contributed by atoms with Gasteiger partial charge in [-0.3, -0.25) is 14.6 Å². The fourth-order valence-electron chi connectivity index (χ4n) is 1.27. The monoisotopic (exact) mass is 461 g/mol. The SMILES string of the molecule is O=C1C=CC=C/C1=C/Nc1c[nH]c(=O)[nH]c1=O.[Cl][Pt]. The molecule has 1 aliphatic carbocycles. The molecule has 3 N–H and O–H groups in total. The van der Waals surface area contributed by atoms with Gasteiger partial charge in [0.25, 0.3) is 5.56 Å². The molecule has 19 heavy (non-hydrogen) atoms. The molecule has 0 aromatic carbocycles. The Hall–Kier alpha value is -1.65. The van der Waals surface area contributed by atoms with Gasteiger partial charge in [-0.1, -0.05) is 12.2 Å². The Bertz CT molecular complexity index is 658. The average molecular weight is 462 g/mol. The van der Waals surface area contributed by atoms with Crippen LogP contribution in [0.4, 0.5) is 5.69 Å².